The molecular formula is C20H32N2O2. The van der Waals surface area contributed by atoms with E-state index in [4.69, 9.17) is 15.2 Å². The van der Waals surface area contributed by atoms with E-state index >= 15 is 0 Å². The smallest absolute Gasteiger partial charge is 0.165 e. The van der Waals surface area contributed by atoms with Crippen LogP contribution in [-0.4, -0.2) is 44.8 Å². The van der Waals surface area contributed by atoms with E-state index in [0.717, 1.165) is 50.3 Å². The molecule has 134 valence electrons. The number of methoxy groups -OCH3 is 1. The number of ether oxygens (including phenoxy) is 2. The first-order valence-corrected chi connectivity index (χ1v) is 9.41. The minimum Gasteiger partial charge on any atom is -0.493 e. The van der Waals surface area contributed by atoms with Crippen LogP contribution in [-0.2, 0) is 5.41 Å². The van der Waals surface area contributed by atoms with Crippen molar-refractivity contribution >= 4 is 0 Å². The fraction of sp³-hybridized carbons (Fsp3) is 0.700. The zero-order chi connectivity index (χ0) is 17.0. The highest BCUT2D eigenvalue weighted by molar-refractivity contribution is 5.51. The molecule has 1 aliphatic carbocycles. The predicted octanol–water partition coefficient (Wildman–Crippen LogP) is 3.33. The molecule has 0 atom stereocenters. The van der Waals surface area contributed by atoms with Gasteiger partial charge >= 0.3 is 0 Å². The number of hydrogen-bond donors (Lipinski definition) is 1. The van der Waals surface area contributed by atoms with Crippen molar-refractivity contribution in [3.8, 4) is 11.5 Å². The van der Waals surface area contributed by atoms with Crippen LogP contribution in [0.5, 0.6) is 11.5 Å². The Labute approximate surface area is 146 Å². The van der Waals surface area contributed by atoms with Crippen molar-refractivity contribution in [3.05, 3.63) is 23.8 Å². The van der Waals surface area contributed by atoms with E-state index in [1.54, 1.807) is 7.11 Å². The SMILES string of the molecule is COc1cccc(C2(CN)CCCCC2)c1OC1CCN(C)CC1. The molecule has 0 aromatic heterocycles. The quantitative estimate of drug-likeness (QED) is 0.898. The topological polar surface area (TPSA) is 47.7 Å². The van der Waals surface area contributed by atoms with Crippen LogP contribution < -0.4 is 15.2 Å². The molecule has 0 amide bonds. The Morgan fingerprint density at radius 2 is 1.88 bits per heavy atom. The molecule has 1 aromatic rings. The molecule has 4 nitrogen and oxygen atoms in total. The Morgan fingerprint density at radius 1 is 1.17 bits per heavy atom. The molecule has 1 aliphatic heterocycles. The summed E-state index contributed by atoms with van der Waals surface area (Å²) in [4.78, 5) is 2.37. The molecule has 0 bridgehead atoms. The first-order valence-electron chi connectivity index (χ1n) is 9.41. The van der Waals surface area contributed by atoms with Gasteiger partial charge < -0.3 is 20.1 Å². The van der Waals surface area contributed by atoms with Gasteiger partial charge in [0.1, 0.15) is 6.10 Å². The summed E-state index contributed by atoms with van der Waals surface area (Å²) in [6.45, 7) is 2.87. The summed E-state index contributed by atoms with van der Waals surface area (Å²) in [5.74, 6) is 1.80. The van der Waals surface area contributed by atoms with Crippen LogP contribution in [0.15, 0.2) is 18.2 Å². The number of rotatable bonds is 5. The molecule has 4 heteroatoms. The van der Waals surface area contributed by atoms with Gasteiger partial charge in [0.05, 0.1) is 7.11 Å². The minimum atomic E-state index is 0.0492. The van der Waals surface area contributed by atoms with Crippen LogP contribution in [0.1, 0.15) is 50.5 Å². The van der Waals surface area contributed by atoms with Crippen molar-refractivity contribution in [2.75, 3.05) is 33.8 Å². The molecule has 1 saturated carbocycles. The molecule has 0 spiro atoms. The van der Waals surface area contributed by atoms with Crippen molar-refractivity contribution in [3.63, 3.8) is 0 Å². The van der Waals surface area contributed by atoms with E-state index in [-0.39, 0.29) is 11.5 Å². The highest BCUT2D eigenvalue weighted by atomic mass is 16.5. The number of para-hydroxylation sites is 1. The van der Waals surface area contributed by atoms with Gasteiger partial charge in [0.25, 0.3) is 0 Å². The van der Waals surface area contributed by atoms with Crippen molar-refractivity contribution in [1.82, 2.24) is 4.90 Å². The minimum absolute atomic E-state index is 0.0492. The van der Waals surface area contributed by atoms with Crippen LogP contribution in [0.4, 0.5) is 0 Å². The Morgan fingerprint density at radius 3 is 2.50 bits per heavy atom. The van der Waals surface area contributed by atoms with E-state index in [9.17, 15) is 0 Å². The van der Waals surface area contributed by atoms with Gasteiger partial charge in [0.2, 0.25) is 0 Å². The van der Waals surface area contributed by atoms with Gasteiger partial charge in [-0.3, -0.25) is 0 Å². The first kappa shape index (κ1) is 17.6. The Bertz CT molecular complexity index is 532. The van der Waals surface area contributed by atoms with Crippen molar-refractivity contribution in [2.45, 2.75) is 56.5 Å². The molecule has 0 unspecified atom stereocenters. The van der Waals surface area contributed by atoms with Crippen LogP contribution in [0, 0.1) is 0 Å². The largest absolute Gasteiger partial charge is 0.493 e. The van der Waals surface area contributed by atoms with Gasteiger partial charge in [-0.2, -0.15) is 0 Å². The van der Waals surface area contributed by atoms with Crippen LogP contribution in [0.3, 0.4) is 0 Å². The predicted molar refractivity (Wildman–Crippen MR) is 98.0 cm³/mol. The Balaban J connectivity index is 1.91. The van der Waals surface area contributed by atoms with Crippen LogP contribution >= 0.6 is 0 Å². The van der Waals surface area contributed by atoms with Gasteiger partial charge in [0.15, 0.2) is 11.5 Å². The molecular weight excluding hydrogens is 300 g/mol. The number of hydrogen-bond acceptors (Lipinski definition) is 4. The number of nitrogens with zero attached hydrogens (tertiary/aromatic N) is 1. The number of nitrogens with two attached hydrogens (primary N) is 1. The van der Waals surface area contributed by atoms with Gasteiger partial charge in [-0.25, -0.2) is 0 Å². The molecule has 3 rings (SSSR count). The van der Waals surface area contributed by atoms with Crippen molar-refractivity contribution < 1.29 is 9.47 Å². The van der Waals surface area contributed by atoms with E-state index in [2.05, 4.69) is 24.1 Å². The fourth-order valence-electron chi connectivity index (χ4n) is 4.30. The molecule has 1 saturated heterocycles. The van der Waals surface area contributed by atoms with E-state index in [1.807, 2.05) is 6.07 Å². The van der Waals surface area contributed by atoms with Gasteiger partial charge in [0, 0.05) is 30.6 Å². The lowest BCUT2D eigenvalue weighted by molar-refractivity contribution is 0.107. The second kappa shape index (κ2) is 7.75. The zero-order valence-corrected chi connectivity index (χ0v) is 15.2. The summed E-state index contributed by atoms with van der Waals surface area (Å²) in [5, 5.41) is 0. The summed E-state index contributed by atoms with van der Waals surface area (Å²) < 4.78 is 12.2. The summed E-state index contributed by atoms with van der Waals surface area (Å²) in [6.07, 6.45) is 8.55. The van der Waals surface area contributed by atoms with E-state index in [0.29, 0.717) is 6.54 Å². The molecule has 0 radical (unpaired) electrons. The standard InChI is InChI=1S/C20H32N2O2/c1-22-13-9-16(10-14-22)24-19-17(7-6-8-18(19)23-2)20(15-21)11-4-3-5-12-20/h6-8,16H,3-5,9-15,21H2,1-2H3. The lowest BCUT2D eigenvalue weighted by atomic mass is 9.69. The van der Waals surface area contributed by atoms with Crippen LogP contribution in [0.2, 0.25) is 0 Å². The second-order valence-electron chi connectivity index (χ2n) is 7.50. The molecule has 2 fully saturated rings. The first-order chi connectivity index (χ1) is 11.7. The monoisotopic (exact) mass is 332 g/mol. The third-order valence-corrected chi connectivity index (χ3v) is 5.92. The van der Waals surface area contributed by atoms with E-state index in [1.165, 1.54) is 24.8 Å². The third-order valence-electron chi connectivity index (χ3n) is 5.92. The number of piperidine rings is 1. The molecule has 24 heavy (non-hydrogen) atoms. The highest BCUT2D eigenvalue weighted by Crippen LogP contribution is 2.46. The Kier molecular flexibility index (Phi) is 5.67. The lowest BCUT2D eigenvalue weighted by Gasteiger charge is -2.39. The lowest BCUT2D eigenvalue weighted by Crippen LogP contribution is -2.39. The molecule has 2 aliphatic rings. The average molecular weight is 332 g/mol. The van der Waals surface area contributed by atoms with E-state index < -0.39 is 0 Å². The third kappa shape index (κ3) is 3.55. The normalized spacial score (nSPS) is 22.3. The number of benzene rings is 1. The fourth-order valence-corrected chi connectivity index (χ4v) is 4.30. The summed E-state index contributed by atoms with van der Waals surface area (Å²) in [6, 6.07) is 6.31. The van der Waals surface area contributed by atoms with Gasteiger partial charge in [-0.05, 0) is 38.8 Å². The maximum Gasteiger partial charge on any atom is 0.165 e. The molecule has 2 N–H and O–H groups in total. The molecule has 1 aromatic carbocycles. The van der Waals surface area contributed by atoms with Gasteiger partial charge in [-0.1, -0.05) is 31.4 Å². The number of likely N-dealkylation sites (tertiary alicyclic amines) is 1. The zero-order valence-electron chi connectivity index (χ0n) is 15.2. The van der Waals surface area contributed by atoms with Crippen molar-refractivity contribution in [2.24, 2.45) is 5.73 Å². The second-order valence-corrected chi connectivity index (χ2v) is 7.50. The summed E-state index contributed by atoms with van der Waals surface area (Å²) in [7, 11) is 3.91. The molecule has 1 heterocycles. The maximum absolute atomic E-state index is 6.53. The summed E-state index contributed by atoms with van der Waals surface area (Å²) in [5.41, 5.74) is 7.59. The highest BCUT2D eigenvalue weighted by Gasteiger charge is 2.36. The summed E-state index contributed by atoms with van der Waals surface area (Å²) >= 11 is 0. The van der Waals surface area contributed by atoms with Crippen molar-refractivity contribution in [1.29, 1.82) is 0 Å². The maximum atomic E-state index is 6.53. The van der Waals surface area contributed by atoms with Gasteiger partial charge in [-0.15, -0.1) is 0 Å². The Hall–Kier alpha value is -1.26. The van der Waals surface area contributed by atoms with Crippen LogP contribution in [0.25, 0.3) is 0 Å². The average Bonchev–Trinajstić information content (AvgIpc) is 2.64.